The predicted molar refractivity (Wildman–Crippen MR) is 115 cm³/mol. The standard InChI is InChI=1S/C20H24BrN3O3S/c1-27-19-8-7-16(14-18(19)23-12-9-22-10-13-23)28(25,26)24-11-3-5-15-4-2-6-17(21)20(15)24/h2,4,6-8,14,22H,3,5,9-13H2,1H3. The number of ether oxygens (including phenoxy) is 1. The Morgan fingerprint density at radius 2 is 1.89 bits per heavy atom. The Morgan fingerprint density at radius 3 is 2.64 bits per heavy atom. The van der Waals surface area contributed by atoms with Gasteiger partial charge in [0.1, 0.15) is 5.75 Å². The fourth-order valence-corrected chi connectivity index (χ4v) is 6.24. The number of nitrogens with one attached hydrogen (secondary N) is 1. The van der Waals surface area contributed by atoms with Gasteiger partial charge in [-0.3, -0.25) is 4.31 Å². The molecule has 6 nitrogen and oxygen atoms in total. The molecular formula is C20H24BrN3O3S. The van der Waals surface area contributed by atoms with Crippen molar-refractivity contribution in [2.45, 2.75) is 17.7 Å². The van der Waals surface area contributed by atoms with Gasteiger partial charge >= 0.3 is 0 Å². The summed E-state index contributed by atoms with van der Waals surface area (Å²) >= 11 is 3.55. The quantitative estimate of drug-likeness (QED) is 0.751. The van der Waals surface area contributed by atoms with Gasteiger partial charge in [-0.25, -0.2) is 8.42 Å². The number of piperazine rings is 1. The van der Waals surface area contributed by atoms with E-state index in [4.69, 9.17) is 4.74 Å². The van der Waals surface area contributed by atoms with E-state index in [2.05, 4.69) is 26.1 Å². The van der Waals surface area contributed by atoms with Gasteiger partial charge in [0.25, 0.3) is 10.0 Å². The van der Waals surface area contributed by atoms with Crippen molar-refractivity contribution in [1.29, 1.82) is 0 Å². The number of rotatable bonds is 4. The van der Waals surface area contributed by atoms with Crippen molar-refractivity contribution in [3.8, 4) is 5.75 Å². The second-order valence-electron chi connectivity index (χ2n) is 7.00. The van der Waals surface area contributed by atoms with Crippen LogP contribution in [0.2, 0.25) is 0 Å². The molecule has 28 heavy (non-hydrogen) atoms. The van der Waals surface area contributed by atoms with Crippen molar-refractivity contribution in [2.24, 2.45) is 0 Å². The van der Waals surface area contributed by atoms with Crippen molar-refractivity contribution in [3.05, 3.63) is 46.4 Å². The summed E-state index contributed by atoms with van der Waals surface area (Å²) in [5.41, 5.74) is 2.64. The maximum Gasteiger partial charge on any atom is 0.264 e. The molecule has 1 N–H and O–H groups in total. The van der Waals surface area contributed by atoms with E-state index in [1.807, 2.05) is 18.2 Å². The number of anilines is 2. The molecular weight excluding hydrogens is 442 g/mol. The first-order valence-corrected chi connectivity index (χ1v) is 11.7. The maximum atomic E-state index is 13.6. The van der Waals surface area contributed by atoms with Crippen LogP contribution in [0.5, 0.6) is 5.75 Å². The largest absolute Gasteiger partial charge is 0.495 e. The molecule has 2 aromatic rings. The highest BCUT2D eigenvalue weighted by Gasteiger charge is 2.31. The molecule has 150 valence electrons. The molecule has 0 unspecified atom stereocenters. The average Bonchev–Trinajstić information content (AvgIpc) is 2.73. The Labute approximate surface area is 174 Å². The number of fused-ring (bicyclic) bond motifs is 1. The van der Waals surface area contributed by atoms with Gasteiger partial charge in [0.15, 0.2) is 0 Å². The fraction of sp³-hybridized carbons (Fsp3) is 0.400. The van der Waals surface area contributed by atoms with E-state index < -0.39 is 10.0 Å². The second kappa shape index (κ2) is 7.93. The molecule has 0 atom stereocenters. The third kappa shape index (κ3) is 3.49. The van der Waals surface area contributed by atoms with Gasteiger partial charge in [-0.15, -0.1) is 0 Å². The summed E-state index contributed by atoms with van der Waals surface area (Å²) in [7, 11) is -2.06. The number of hydrogen-bond acceptors (Lipinski definition) is 5. The Bertz CT molecular complexity index is 975. The first kappa shape index (κ1) is 19.5. The van der Waals surface area contributed by atoms with Crippen LogP contribution in [-0.2, 0) is 16.4 Å². The molecule has 0 bridgehead atoms. The van der Waals surface area contributed by atoms with Crippen molar-refractivity contribution in [1.82, 2.24) is 5.32 Å². The normalized spacial score (nSPS) is 17.4. The Hall–Kier alpha value is -1.77. The molecule has 2 aromatic carbocycles. The van der Waals surface area contributed by atoms with Crippen LogP contribution in [0, 0.1) is 0 Å². The summed E-state index contributed by atoms with van der Waals surface area (Å²) in [6.45, 7) is 3.85. The number of sulfonamides is 1. The lowest BCUT2D eigenvalue weighted by Gasteiger charge is -2.33. The number of halogens is 1. The lowest BCUT2D eigenvalue weighted by atomic mass is 10.0. The minimum absolute atomic E-state index is 0.297. The summed E-state index contributed by atoms with van der Waals surface area (Å²) in [5.74, 6) is 0.695. The molecule has 2 heterocycles. The Kier molecular flexibility index (Phi) is 5.53. The van der Waals surface area contributed by atoms with Crippen molar-refractivity contribution in [2.75, 3.05) is 49.0 Å². The van der Waals surface area contributed by atoms with Crippen LogP contribution in [0.1, 0.15) is 12.0 Å². The van der Waals surface area contributed by atoms with Gasteiger partial charge in [0.2, 0.25) is 0 Å². The molecule has 0 aromatic heterocycles. The van der Waals surface area contributed by atoms with Crippen LogP contribution in [0.25, 0.3) is 0 Å². The fourth-order valence-electron chi connectivity index (χ4n) is 3.92. The van der Waals surface area contributed by atoms with E-state index in [9.17, 15) is 8.42 Å². The van der Waals surface area contributed by atoms with Crippen LogP contribution < -0.4 is 19.3 Å². The molecule has 1 fully saturated rings. The van der Waals surface area contributed by atoms with Crippen LogP contribution >= 0.6 is 15.9 Å². The summed E-state index contributed by atoms with van der Waals surface area (Å²) in [6, 6.07) is 11.0. The number of nitrogens with zero attached hydrogens (tertiary/aromatic N) is 2. The summed E-state index contributed by atoms with van der Waals surface area (Å²) in [5, 5.41) is 3.32. The van der Waals surface area contributed by atoms with Gasteiger partial charge in [0, 0.05) is 37.2 Å². The van der Waals surface area contributed by atoms with E-state index in [0.717, 1.165) is 60.4 Å². The van der Waals surface area contributed by atoms with Crippen LogP contribution in [0.3, 0.4) is 0 Å². The van der Waals surface area contributed by atoms with Gasteiger partial charge < -0.3 is 15.0 Å². The van der Waals surface area contributed by atoms with E-state index in [-0.39, 0.29) is 0 Å². The van der Waals surface area contributed by atoms with Crippen molar-refractivity contribution < 1.29 is 13.2 Å². The van der Waals surface area contributed by atoms with E-state index >= 15 is 0 Å². The Balaban J connectivity index is 1.77. The highest BCUT2D eigenvalue weighted by atomic mass is 79.9. The topological polar surface area (TPSA) is 61.9 Å². The van der Waals surface area contributed by atoms with Gasteiger partial charge in [-0.05, 0) is 58.6 Å². The molecule has 0 saturated carbocycles. The molecule has 0 radical (unpaired) electrons. The monoisotopic (exact) mass is 465 g/mol. The Morgan fingerprint density at radius 1 is 1.11 bits per heavy atom. The molecule has 2 aliphatic heterocycles. The van der Waals surface area contributed by atoms with Crippen LogP contribution in [0.15, 0.2) is 45.8 Å². The third-order valence-electron chi connectivity index (χ3n) is 5.32. The maximum absolute atomic E-state index is 13.6. The SMILES string of the molecule is COc1ccc(S(=O)(=O)N2CCCc3cccc(Br)c32)cc1N1CCNCC1. The highest BCUT2D eigenvalue weighted by Crippen LogP contribution is 2.39. The minimum Gasteiger partial charge on any atom is -0.495 e. The number of benzene rings is 2. The smallest absolute Gasteiger partial charge is 0.264 e. The second-order valence-corrected chi connectivity index (χ2v) is 9.72. The number of aryl methyl sites for hydroxylation is 1. The lowest BCUT2D eigenvalue weighted by molar-refractivity contribution is 0.412. The third-order valence-corrected chi connectivity index (χ3v) is 7.76. The molecule has 2 aliphatic rings. The molecule has 0 aliphatic carbocycles. The predicted octanol–water partition coefficient (Wildman–Crippen LogP) is 3.01. The zero-order chi connectivity index (χ0) is 19.7. The summed E-state index contributed by atoms with van der Waals surface area (Å²) in [4.78, 5) is 2.47. The van der Waals surface area contributed by atoms with Crippen molar-refractivity contribution >= 4 is 37.3 Å². The zero-order valence-corrected chi connectivity index (χ0v) is 18.2. The van der Waals surface area contributed by atoms with Gasteiger partial charge in [-0.1, -0.05) is 12.1 Å². The minimum atomic E-state index is -3.68. The molecule has 8 heteroatoms. The lowest BCUT2D eigenvalue weighted by Crippen LogP contribution is -2.43. The molecule has 4 rings (SSSR count). The van der Waals surface area contributed by atoms with Crippen LogP contribution in [0.4, 0.5) is 11.4 Å². The van der Waals surface area contributed by atoms with E-state index in [0.29, 0.717) is 17.2 Å². The zero-order valence-electron chi connectivity index (χ0n) is 15.8. The highest BCUT2D eigenvalue weighted by molar-refractivity contribution is 9.10. The van der Waals surface area contributed by atoms with Crippen LogP contribution in [-0.4, -0.2) is 48.3 Å². The van der Waals surface area contributed by atoms with Gasteiger partial charge in [-0.2, -0.15) is 0 Å². The average molecular weight is 466 g/mol. The van der Waals surface area contributed by atoms with Crippen molar-refractivity contribution in [3.63, 3.8) is 0 Å². The first-order chi connectivity index (χ1) is 13.5. The van der Waals surface area contributed by atoms with E-state index in [1.54, 1.807) is 29.6 Å². The van der Waals surface area contributed by atoms with E-state index in [1.165, 1.54) is 0 Å². The van der Waals surface area contributed by atoms with Gasteiger partial charge in [0.05, 0.1) is 23.4 Å². The number of hydrogen-bond donors (Lipinski definition) is 1. The molecule has 0 amide bonds. The first-order valence-electron chi connectivity index (χ1n) is 9.46. The number of methoxy groups -OCH3 is 1. The molecule has 1 saturated heterocycles. The summed E-state index contributed by atoms with van der Waals surface area (Å²) < 4.78 is 35.0. The molecule has 0 spiro atoms. The summed E-state index contributed by atoms with van der Waals surface area (Å²) in [6.07, 6.45) is 1.69. The number of para-hydroxylation sites is 1.